The molecule has 3 rings (SSSR count). The SMILES string of the molecule is NC(=O)c1cccc(CC(CCO)c2ccc(-c3cn[nH]c3)cc2)c1. The van der Waals surface area contributed by atoms with E-state index in [1.807, 2.05) is 24.4 Å². The number of nitrogens with one attached hydrogen (secondary N) is 1. The molecular formula is C20H21N3O2. The number of aromatic nitrogens is 2. The maximum absolute atomic E-state index is 11.4. The minimum absolute atomic E-state index is 0.115. The van der Waals surface area contributed by atoms with Crippen LogP contribution in [0.5, 0.6) is 0 Å². The van der Waals surface area contributed by atoms with Gasteiger partial charge in [0.05, 0.1) is 6.20 Å². The number of H-pyrrole nitrogens is 1. The van der Waals surface area contributed by atoms with Gasteiger partial charge in [0.25, 0.3) is 0 Å². The predicted molar refractivity (Wildman–Crippen MR) is 97.1 cm³/mol. The second-order valence-electron chi connectivity index (χ2n) is 6.09. The average Bonchev–Trinajstić information content (AvgIpc) is 3.16. The Morgan fingerprint density at radius 2 is 1.96 bits per heavy atom. The molecule has 5 heteroatoms. The smallest absolute Gasteiger partial charge is 0.248 e. The summed E-state index contributed by atoms with van der Waals surface area (Å²) in [5.74, 6) is -0.253. The normalized spacial score (nSPS) is 12.0. The largest absolute Gasteiger partial charge is 0.396 e. The maximum atomic E-state index is 11.4. The van der Waals surface area contributed by atoms with Gasteiger partial charge in [-0.2, -0.15) is 5.10 Å². The van der Waals surface area contributed by atoms with E-state index in [2.05, 4.69) is 34.5 Å². The van der Waals surface area contributed by atoms with Crippen LogP contribution in [-0.4, -0.2) is 27.8 Å². The topological polar surface area (TPSA) is 92.0 Å². The summed E-state index contributed by atoms with van der Waals surface area (Å²) >= 11 is 0. The van der Waals surface area contributed by atoms with E-state index in [0.717, 1.165) is 28.7 Å². The van der Waals surface area contributed by atoms with Gasteiger partial charge in [-0.25, -0.2) is 0 Å². The lowest BCUT2D eigenvalue weighted by atomic mass is 9.88. The lowest BCUT2D eigenvalue weighted by Gasteiger charge is -2.17. The molecule has 0 saturated heterocycles. The van der Waals surface area contributed by atoms with Crippen LogP contribution in [0.25, 0.3) is 11.1 Å². The molecule has 1 unspecified atom stereocenters. The third-order valence-electron chi connectivity index (χ3n) is 4.38. The van der Waals surface area contributed by atoms with Crippen molar-refractivity contribution in [1.29, 1.82) is 0 Å². The molecule has 0 fully saturated rings. The molecular weight excluding hydrogens is 314 g/mol. The molecule has 128 valence electrons. The average molecular weight is 335 g/mol. The number of hydrogen-bond acceptors (Lipinski definition) is 3. The van der Waals surface area contributed by atoms with Crippen molar-refractivity contribution in [3.05, 3.63) is 77.6 Å². The molecule has 5 nitrogen and oxygen atoms in total. The van der Waals surface area contributed by atoms with Crippen molar-refractivity contribution in [2.45, 2.75) is 18.8 Å². The summed E-state index contributed by atoms with van der Waals surface area (Å²) in [5.41, 5.74) is 10.2. The Bertz CT molecular complexity index is 826. The van der Waals surface area contributed by atoms with Gasteiger partial charge in [-0.05, 0) is 47.6 Å². The fraction of sp³-hybridized carbons (Fsp3) is 0.200. The number of carbonyl (C=O) groups excluding carboxylic acids is 1. The van der Waals surface area contributed by atoms with Crippen LogP contribution in [-0.2, 0) is 6.42 Å². The van der Waals surface area contributed by atoms with E-state index in [9.17, 15) is 9.90 Å². The third-order valence-corrected chi connectivity index (χ3v) is 4.38. The van der Waals surface area contributed by atoms with Gasteiger partial charge < -0.3 is 10.8 Å². The molecule has 4 N–H and O–H groups in total. The number of benzene rings is 2. The standard InChI is InChI=1S/C20H21N3O2/c21-20(25)18-3-1-2-14(11-18)10-17(8-9-24)15-4-6-16(7-5-15)19-12-22-23-13-19/h1-7,11-13,17,24H,8-10H2,(H2,21,25)(H,22,23). The number of carbonyl (C=O) groups is 1. The highest BCUT2D eigenvalue weighted by atomic mass is 16.3. The van der Waals surface area contributed by atoms with Crippen LogP contribution in [0.3, 0.4) is 0 Å². The number of amides is 1. The Balaban J connectivity index is 1.81. The molecule has 2 aromatic carbocycles. The zero-order valence-corrected chi connectivity index (χ0v) is 13.9. The van der Waals surface area contributed by atoms with Gasteiger partial charge in [0.2, 0.25) is 5.91 Å². The number of nitrogens with two attached hydrogens (primary N) is 1. The molecule has 0 bridgehead atoms. The number of aliphatic hydroxyl groups is 1. The van der Waals surface area contributed by atoms with E-state index in [-0.39, 0.29) is 12.5 Å². The summed E-state index contributed by atoms with van der Waals surface area (Å²) in [6, 6.07) is 15.7. The van der Waals surface area contributed by atoms with Gasteiger partial charge in [-0.3, -0.25) is 9.89 Å². The zero-order chi connectivity index (χ0) is 17.6. The monoisotopic (exact) mass is 335 g/mol. The molecule has 0 aliphatic carbocycles. The van der Waals surface area contributed by atoms with Gasteiger partial charge in [0, 0.05) is 23.9 Å². The van der Waals surface area contributed by atoms with Crippen molar-refractivity contribution >= 4 is 5.91 Å². The van der Waals surface area contributed by atoms with Crippen LogP contribution in [0, 0.1) is 0 Å². The fourth-order valence-corrected chi connectivity index (χ4v) is 3.03. The molecule has 1 amide bonds. The fourth-order valence-electron chi connectivity index (χ4n) is 3.03. The first-order chi connectivity index (χ1) is 12.2. The van der Waals surface area contributed by atoms with Gasteiger partial charge in [0.15, 0.2) is 0 Å². The van der Waals surface area contributed by atoms with Crippen molar-refractivity contribution in [1.82, 2.24) is 10.2 Å². The number of primary amides is 1. The molecule has 0 aliphatic rings. The van der Waals surface area contributed by atoms with Crippen molar-refractivity contribution in [2.24, 2.45) is 5.73 Å². The summed E-state index contributed by atoms with van der Waals surface area (Å²) in [6.45, 7) is 0.115. The lowest BCUT2D eigenvalue weighted by molar-refractivity contribution is 0.1000. The second-order valence-corrected chi connectivity index (χ2v) is 6.09. The van der Waals surface area contributed by atoms with E-state index < -0.39 is 5.91 Å². The first-order valence-electron chi connectivity index (χ1n) is 8.26. The van der Waals surface area contributed by atoms with Crippen LogP contribution >= 0.6 is 0 Å². The Kier molecular flexibility index (Phi) is 5.26. The molecule has 0 saturated carbocycles. The number of aromatic amines is 1. The summed E-state index contributed by atoms with van der Waals surface area (Å²) in [7, 11) is 0. The van der Waals surface area contributed by atoms with Crippen molar-refractivity contribution in [3.8, 4) is 11.1 Å². The van der Waals surface area contributed by atoms with E-state index in [0.29, 0.717) is 12.0 Å². The predicted octanol–water partition coefficient (Wildman–Crippen LogP) is 2.88. The molecule has 1 atom stereocenters. The Morgan fingerprint density at radius 3 is 2.60 bits per heavy atom. The molecule has 25 heavy (non-hydrogen) atoms. The number of aliphatic hydroxyl groups excluding tert-OH is 1. The number of rotatable bonds is 7. The lowest BCUT2D eigenvalue weighted by Crippen LogP contribution is -2.12. The quantitative estimate of drug-likeness (QED) is 0.620. The summed E-state index contributed by atoms with van der Waals surface area (Å²) in [6.07, 6.45) is 5.05. The van der Waals surface area contributed by atoms with Crippen molar-refractivity contribution < 1.29 is 9.90 Å². The summed E-state index contributed by atoms with van der Waals surface area (Å²) < 4.78 is 0. The van der Waals surface area contributed by atoms with Gasteiger partial charge >= 0.3 is 0 Å². The Labute approximate surface area is 146 Å². The van der Waals surface area contributed by atoms with Crippen molar-refractivity contribution in [3.63, 3.8) is 0 Å². The molecule has 0 radical (unpaired) electrons. The summed E-state index contributed by atoms with van der Waals surface area (Å²) in [5, 5.41) is 16.2. The second kappa shape index (κ2) is 7.77. The number of nitrogens with zero attached hydrogens (tertiary/aromatic N) is 1. The maximum Gasteiger partial charge on any atom is 0.248 e. The highest BCUT2D eigenvalue weighted by Gasteiger charge is 2.13. The van der Waals surface area contributed by atoms with Crippen LogP contribution in [0.2, 0.25) is 0 Å². The molecule has 0 aliphatic heterocycles. The Morgan fingerprint density at radius 1 is 1.16 bits per heavy atom. The van der Waals surface area contributed by atoms with Crippen LogP contribution in [0.15, 0.2) is 60.9 Å². The summed E-state index contributed by atoms with van der Waals surface area (Å²) in [4.78, 5) is 11.4. The van der Waals surface area contributed by atoms with Crippen LogP contribution in [0.1, 0.15) is 33.8 Å². The van der Waals surface area contributed by atoms with E-state index >= 15 is 0 Å². The van der Waals surface area contributed by atoms with Crippen LogP contribution in [0.4, 0.5) is 0 Å². The minimum atomic E-state index is -0.426. The van der Waals surface area contributed by atoms with Gasteiger partial charge in [0.1, 0.15) is 0 Å². The molecule has 1 aromatic heterocycles. The van der Waals surface area contributed by atoms with Gasteiger partial charge in [-0.15, -0.1) is 0 Å². The molecule has 0 spiro atoms. The molecule has 3 aromatic rings. The third kappa shape index (κ3) is 4.14. The van der Waals surface area contributed by atoms with Crippen LogP contribution < -0.4 is 5.73 Å². The number of hydrogen-bond donors (Lipinski definition) is 3. The van der Waals surface area contributed by atoms with Gasteiger partial charge in [-0.1, -0.05) is 36.4 Å². The zero-order valence-electron chi connectivity index (χ0n) is 13.9. The Hall–Kier alpha value is -2.92. The first kappa shape index (κ1) is 16.9. The molecule has 1 heterocycles. The highest BCUT2D eigenvalue weighted by Crippen LogP contribution is 2.27. The van der Waals surface area contributed by atoms with Crippen molar-refractivity contribution in [2.75, 3.05) is 6.61 Å². The first-order valence-corrected chi connectivity index (χ1v) is 8.26. The van der Waals surface area contributed by atoms with E-state index in [1.165, 1.54) is 0 Å². The van der Waals surface area contributed by atoms with E-state index in [4.69, 9.17) is 5.73 Å². The van der Waals surface area contributed by atoms with E-state index in [1.54, 1.807) is 12.3 Å². The minimum Gasteiger partial charge on any atom is -0.396 e. The highest BCUT2D eigenvalue weighted by molar-refractivity contribution is 5.92.